The number of benzene rings is 5. The Hall–Kier alpha value is -5.86. The number of carbonyl (C=O) groups is 6. The number of nitrogens with zero attached hydrogens (tertiary/aromatic N) is 4. The van der Waals surface area contributed by atoms with Gasteiger partial charge < -0.3 is 29.5 Å². The first-order valence-corrected chi connectivity index (χ1v) is 16.2. The molecular weight excluding hydrogens is 648 g/mol. The molecule has 9 rings (SSSR count). The Morgan fingerprint density at radius 3 is 1.24 bits per heavy atom. The molecule has 2 fully saturated rings. The molecule has 4 aliphatic heterocycles. The molecule has 5 aromatic rings. The Balaban J connectivity index is 1.47. The molecule has 0 bridgehead atoms. The Bertz CT molecular complexity index is 2240. The quantitative estimate of drug-likeness (QED) is 0.153. The van der Waals surface area contributed by atoms with Crippen molar-refractivity contribution < 1.29 is 48.5 Å². The summed E-state index contributed by atoms with van der Waals surface area (Å²) in [5, 5.41) is 24.1. The van der Waals surface area contributed by atoms with Gasteiger partial charge in [-0.2, -0.15) is 0 Å². The maximum absolute atomic E-state index is 14.0. The lowest BCUT2D eigenvalue weighted by Crippen LogP contribution is -2.44. The SMILES string of the molecule is O=C(O)CN1C(=O)c2ccc3c4c(N5CCOCC5)cc5c6c(ccc(c7c(N8CCOCC8)cc(c2c37)C1=O)c64)C(=O)N(CC(=O)O)C5=O. The van der Waals surface area contributed by atoms with Crippen LogP contribution in [0, 0.1) is 0 Å². The van der Waals surface area contributed by atoms with Crippen molar-refractivity contribution in [1.29, 1.82) is 0 Å². The summed E-state index contributed by atoms with van der Waals surface area (Å²) in [6.07, 6.45) is 0. The molecule has 5 aromatic carbocycles. The van der Waals surface area contributed by atoms with Crippen LogP contribution in [0.25, 0.3) is 43.1 Å². The molecule has 0 aliphatic carbocycles. The zero-order valence-electron chi connectivity index (χ0n) is 26.5. The number of carboxylic acid groups (broad SMARTS) is 2. The molecule has 0 radical (unpaired) electrons. The molecule has 252 valence electrons. The smallest absolute Gasteiger partial charge is 0.323 e. The van der Waals surface area contributed by atoms with Gasteiger partial charge in [0.1, 0.15) is 13.1 Å². The van der Waals surface area contributed by atoms with Crippen molar-refractivity contribution in [1.82, 2.24) is 9.80 Å². The summed E-state index contributed by atoms with van der Waals surface area (Å²) >= 11 is 0. The predicted octanol–water partition coefficient (Wildman–Crippen LogP) is 2.77. The monoisotopic (exact) mass is 676 g/mol. The third-order valence-corrected chi connectivity index (χ3v) is 10.3. The van der Waals surface area contributed by atoms with Crippen LogP contribution in [0.3, 0.4) is 0 Å². The fourth-order valence-corrected chi connectivity index (χ4v) is 8.19. The van der Waals surface area contributed by atoms with E-state index in [1.807, 2.05) is 0 Å². The Kier molecular flexibility index (Phi) is 6.54. The van der Waals surface area contributed by atoms with E-state index in [4.69, 9.17) is 9.47 Å². The number of imide groups is 2. The maximum Gasteiger partial charge on any atom is 0.323 e. The first-order chi connectivity index (χ1) is 24.2. The zero-order valence-corrected chi connectivity index (χ0v) is 26.5. The van der Waals surface area contributed by atoms with Gasteiger partial charge in [0, 0.05) is 81.0 Å². The van der Waals surface area contributed by atoms with E-state index in [1.54, 1.807) is 36.4 Å². The summed E-state index contributed by atoms with van der Waals surface area (Å²) in [7, 11) is 0. The lowest BCUT2D eigenvalue weighted by atomic mass is 9.80. The number of hydrogen-bond donors (Lipinski definition) is 2. The molecule has 4 heterocycles. The number of hydrogen-bond acceptors (Lipinski definition) is 10. The van der Waals surface area contributed by atoms with Crippen molar-refractivity contribution in [2.45, 2.75) is 0 Å². The largest absolute Gasteiger partial charge is 0.480 e. The van der Waals surface area contributed by atoms with Crippen LogP contribution >= 0.6 is 0 Å². The molecule has 0 spiro atoms. The molecule has 4 amide bonds. The number of amides is 4. The molecule has 2 saturated heterocycles. The number of carbonyl (C=O) groups excluding carboxylic acids is 4. The predicted molar refractivity (Wildman–Crippen MR) is 180 cm³/mol. The van der Waals surface area contributed by atoms with E-state index in [0.29, 0.717) is 107 Å². The molecule has 4 aliphatic rings. The van der Waals surface area contributed by atoms with Crippen LogP contribution in [0.15, 0.2) is 36.4 Å². The van der Waals surface area contributed by atoms with Gasteiger partial charge in [-0.1, -0.05) is 12.1 Å². The molecule has 14 nitrogen and oxygen atoms in total. The number of anilines is 2. The summed E-state index contributed by atoms with van der Waals surface area (Å²) in [5.74, 6) is -5.46. The number of aliphatic carboxylic acids is 2. The Morgan fingerprint density at radius 1 is 0.520 bits per heavy atom. The topological polar surface area (TPSA) is 174 Å². The maximum atomic E-state index is 14.0. The van der Waals surface area contributed by atoms with Crippen molar-refractivity contribution in [2.75, 3.05) is 75.5 Å². The van der Waals surface area contributed by atoms with Crippen molar-refractivity contribution in [3.8, 4) is 0 Å². The highest BCUT2D eigenvalue weighted by Crippen LogP contribution is 2.52. The van der Waals surface area contributed by atoms with Gasteiger partial charge in [-0.05, 0) is 35.0 Å². The fourth-order valence-electron chi connectivity index (χ4n) is 8.19. The minimum absolute atomic E-state index is 0.200. The standard InChI is InChI=1S/C36H28N4O10/c41-25(42)15-39-33(45)19-3-1-17-29-23(37-5-9-49-10-6-37)13-22-28-20(34(46)40(36(22)48)16-26(43)44)4-2-18(32(28)29)30-24(38-7-11-50-12-8-38)14-21(35(39)47)27(19)31(17)30/h1-4,13-14H,5-12,15-16H2,(H,41,42)(H,43,44). The summed E-state index contributed by atoms with van der Waals surface area (Å²) in [4.78, 5) is 84.9. The zero-order chi connectivity index (χ0) is 34.6. The lowest BCUT2D eigenvalue weighted by Gasteiger charge is -2.36. The van der Waals surface area contributed by atoms with Gasteiger partial charge in [-0.3, -0.25) is 38.6 Å². The normalized spacial score (nSPS) is 18.1. The second kappa shape index (κ2) is 10.8. The number of morpholine rings is 2. The Labute approximate surface area is 282 Å². The second-order valence-corrected chi connectivity index (χ2v) is 12.8. The van der Waals surface area contributed by atoms with E-state index in [2.05, 4.69) is 9.80 Å². The average Bonchev–Trinajstić information content (AvgIpc) is 3.12. The average molecular weight is 677 g/mol. The Morgan fingerprint density at radius 2 is 0.880 bits per heavy atom. The molecule has 0 saturated carbocycles. The number of ether oxygens (including phenoxy) is 2. The summed E-state index contributed by atoms with van der Waals surface area (Å²) in [5.41, 5.74) is 2.16. The molecule has 14 heteroatoms. The summed E-state index contributed by atoms with van der Waals surface area (Å²) < 4.78 is 11.3. The van der Waals surface area contributed by atoms with Crippen molar-refractivity contribution in [3.63, 3.8) is 0 Å². The molecule has 50 heavy (non-hydrogen) atoms. The van der Waals surface area contributed by atoms with Crippen LogP contribution in [0.1, 0.15) is 41.4 Å². The van der Waals surface area contributed by atoms with E-state index in [-0.39, 0.29) is 22.3 Å². The highest BCUT2D eigenvalue weighted by atomic mass is 16.5. The van der Waals surface area contributed by atoms with Gasteiger partial charge in [-0.15, -0.1) is 0 Å². The van der Waals surface area contributed by atoms with Crippen LogP contribution in [0.5, 0.6) is 0 Å². The van der Waals surface area contributed by atoms with Crippen LogP contribution in [-0.4, -0.2) is 121 Å². The molecule has 0 unspecified atom stereocenters. The summed E-state index contributed by atoms with van der Waals surface area (Å²) in [6.45, 7) is 2.11. The van der Waals surface area contributed by atoms with E-state index >= 15 is 0 Å². The number of fused-ring (bicyclic) bond motifs is 2. The first-order valence-electron chi connectivity index (χ1n) is 16.2. The van der Waals surface area contributed by atoms with Crippen LogP contribution < -0.4 is 9.80 Å². The first kappa shape index (κ1) is 30.2. The van der Waals surface area contributed by atoms with Crippen LogP contribution in [0.2, 0.25) is 0 Å². The lowest BCUT2D eigenvalue weighted by molar-refractivity contribution is -0.138. The van der Waals surface area contributed by atoms with Crippen LogP contribution in [0.4, 0.5) is 11.4 Å². The third kappa shape index (κ3) is 4.08. The fraction of sp³-hybridized carbons (Fsp3) is 0.278. The van der Waals surface area contributed by atoms with E-state index in [1.165, 1.54) is 0 Å². The van der Waals surface area contributed by atoms with Crippen molar-refractivity contribution in [2.24, 2.45) is 0 Å². The van der Waals surface area contributed by atoms with Gasteiger partial charge in [0.15, 0.2) is 0 Å². The van der Waals surface area contributed by atoms with E-state index < -0.39 is 48.7 Å². The highest BCUT2D eigenvalue weighted by Gasteiger charge is 2.40. The second-order valence-electron chi connectivity index (χ2n) is 12.8. The molecule has 0 atom stereocenters. The van der Waals surface area contributed by atoms with E-state index in [9.17, 15) is 39.0 Å². The van der Waals surface area contributed by atoms with Gasteiger partial charge in [-0.25, -0.2) is 0 Å². The third-order valence-electron chi connectivity index (χ3n) is 10.3. The van der Waals surface area contributed by atoms with Crippen LogP contribution in [-0.2, 0) is 19.1 Å². The van der Waals surface area contributed by atoms with Gasteiger partial charge in [0.25, 0.3) is 23.6 Å². The highest BCUT2D eigenvalue weighted by molar-refractivity contribution is 6.44. The van der Waals surface area contributed by atoms with Crippen molar-refractivity contribution >= 4 is 90.0 Å². The van der Waals surface area contributed by atoms with Gasteiger partial charge in [0.2, 0.25) is 0 Å². The van der Waals surface area contributed by atoms with Gasteiger partial charge in [0.05, 0.1) is 37.6 Å². The number of rotatable bonds is 6. The minimum atomic E-state index is -1.32. The van der Waals surface area contributed by atoms with Gasteiger partial charge >= 0.3 is 11.9 Å². The number of carboxylic acids is 2. The molecule has 0 aromatic heterocycles. The molecule has 2 N–H and O–H groups in total. The minimum Gasteiger partial charge on any atom is -0.480 e. The molecular formula is C36H28N4O10. The van der Waals surface area contributed by atoms with Crippen molar-refractivity contribution in [3.05, 3.63) is 58.7 Å². The summed E-state index contributed by atoms with van der Waals surface area (Å²) in [6, 6.07) is 10.2. The van der Waals surface area contributed by atoms with E-state index in [0.717, 1.165) is 9.80 Å².